The van der Waals surface area contributed by atoms with Gasteiger partial charge in [0, 0.05) is 25.5 Å². The van der Waals surface area contributed by atoms with Crippen LogP contribution in [-0.4, -0.2) is 24.3 Å². The van der Waals surface area contributed by atoms with Crippen LogP contribution in [0.15, 0.2) is 59.8 Å². The highest BCUT2D eigenvalue weighted by Crippen LogP contribution is 2.25. The van der Waals surface area contributed by atoms with Crippen LogP contribution in [0, 0.1) is 0 Å². The van der Waals surface area contributed by atoms with E-state index in [1.165, 1.54) is 4.57 Å². The lowest BCUT2D eigenvalue weighted by Gasteiger charge is -2.11. The van der Waals surface area contributed by atoms with Gasteiger partial charge in [0.25, 0.3) is 5.56 Å². The predicted molar refractivity (Wildman–Crippen MR) is 103 cm³/mol. The molecule has 0 unspecified atom stereocenters. The van der Waals surface area contributed by atoms with Crippen molar-refractivity contribution in [1.82, 2.24) is 24.3 Å². The molecule has 0 radical (unpaired) electrons. The van der Waals surface area contributed by atoms with Crippen molar-refractivity contribution in [2.24, 2.45) is 7.05 Å². The van der Waals surface area contributed by atoms with Crippen LogP contribution in [0.4, 0.5) is 0 Å². The van der Waals surface area contributed by atoms with Crippen LogP contribution in [0.1, 0.15) is 19.9 Å². The molecular weight excluding hydrogens is 342 g/mol. The van der Waals surface area contributed by atoms with Gasteiger partial charge in [0.05, 0.1) is 6.20 Å². The summed E-state index contributed by atoms with van der Waals surface area (Å²) >= 11 is 0. The largest absolute Gasteiger partial charge is 0.425 e. The van der Waals surface area contributed by atoms with E-state index in [1.54, 1.807) is 24.1 Å². The van der Waals surface area contributed by atoms with Gasteiger partial charge < -0.3 is 4.74 Å². The molecular formula is C20H19N5O2. The van der Waals surface area contributed by atoms with Crippen molar-refractivity contribution in [3.63, 3.8) is 0 Å². The van der Waals surface area contributed by atoms with Crippen LogP contribution in [0.25, 0.3) is 22.2 Å². The van der Waals surface area contributed by atoms with E-state index in [2.05, 4.69) is 15.1 Å². The molecule has 0 aliphatic rings. The number of ether oxygens (including phenoxy) is 1. The van der Waals surface area contributed by atoms with E-state index in [0.29, 0.717) is 16.8 Å². The summed E-state index contributed by atoms with van der Waals surface area (Å²) in [6.45, 7) is 3.98. The number of hydrogen-bond acceptors (Lipinski definition) is 5. The zero-order valence-corrected chi connectivity index (χ0v) is 15.3. The second-order valence-electron chi connectivity index (χ2n) is 6.55. The Bertz CT molecular complexity index is 1140. The van der Waals surface area contributed by atoms with E-state index in [4.69, 9.17) is 4.74 Å². The highest BCUT2D eigenvalue weighted by Gasteiger charge is 2.16. The van der Waals surface area contributed by atoms with Crippen LogP contribution < -0.4 is 10.3 Å². The first-order valence-electron chi connectivity index (χ1n) is 8.67. The molecule has 3 aromatic heterocycles. The Labute approximate surface area is 155 Å². The number of hydrogen-bond donors (Lipinski definition) is 0. The Morgan fingerprint density at radius 1 is 1.04 bits per heavy atom. The lowest BCUT2D eigenvalue weighted by atomic mass is 10.1. The quantitative estimate of drug-likeness (QED) is 0.555. The number of rotatable bonds is 4. The smallest absolute Gasteiger partial charge is 0.306 e. The van der Waals surface area contributed by atoms with Crippen molar-refractivity contribution in [2.75, 3.05) is 0 Å². The molecule has 0 N–H and O–H groups in total. The van der Waals surface area contributed by atoms with Crippen LogP contribution >= 0.6 is 0 Å². The molecule has 3 heterocycles. The van der Waals surface area contributed by atoms with Crippen molar-refractivity contribution in [1.29, 1.82) is 0 Å². The average molecular weight is 361 g/mol. The summed E-state index contributed by atoms with van der Waals surface area (Å²) in [6, 6.07) is 11.8. The molecule has 136 valence electrons. The minimum atomic E-state index is -0.186. The highest BCUT2D eigenvalue weighted by atomic mass is 16.5. The molecule has 4 aromatic rings. The summed E-state index contributed by atoms with van der Waals surface area (Å²) in [6.07, 6.45) is 5.10. The number of nitrogens with zero attached hydrogens (tertiary/aromatic N) is 5. The standard InChI is InChI=1S/C20H19N5O2/c1-13(2)25-18-17(12-22-25)19(26)24(3)20(23-18)27-16-8-6-14(7-9-16)15-5-4-10-21-11-15/h4-13H,1-3H3. The molecule has 0 atom stereocenters. The first-order valence-corrected chi connectivity index (χ1v) is 8.67. The van der Waals surface area contributed by atoms with E-state index in [9.17, 15) is 4.79 Å². The molecule has 0 amide bonds. The van der Waals surface area contributed by atoms with Crippen LogP contribution in [0.5, 0.6) is 11.8 Å². The Morgan fingerprint density at radius 2 is 1.81 bits per heavy atom. The van der Waals surface area contributed by atoms with Gasteiger partial charge in [0.2, 0.25) is 0 Å². The van der Waals surface area contributed by atoms with Gasteiger partial charge >= 0.3 is 6.01 Å². The minimum absolute atomic E-state index is 0.0914. The van der Waals surface area contributed by atoms with E-state index in [0.717, 1.165) is 11.1 Å². The summed E-state index contributed by atoms with van der Waals surface area (Å²) in [4.78, 5) is 21.3. The van der Waals surface area contributed by atoms with E-state index >= 15 is 0 Å². The average Bonchev–Trinajstić information content (AvgIpc) is 3.11. The van der Waals surface area contributed by atoms with Gasteiger partial charge in [0.1, 0.15) is 11.1 Å². The van der Waals surface area contributed by atoms with Gasteiger partial charge in [-0.1, -0.05) is 18.2 Å². The van der Waals surface area contributed by atoms with Crippen LogP contribution in [-0.2, 0) is 7.05 Å². The summed E-state index contributed by atoms with van der Waals surface area (Å²) in [7, 11) is 1.64. The third kappa shape index (κ3) is 3.08. The monoisotopic (exact) mass is 361 g/mol. The third-order valence-corrected chi connectivity index (χ3v) is 4.34. The van der Waals surface area contributed by atoms with Gasteiger partial charge in [-0.15, -0.1) is 0 Å². The third-order valence-electron chi connectivity index (χ3n) is 4.34. The normalized spacial score (nSPS) is 11.3. The first-order chi connectivity index (χ1) is 13.0. The van der Waals surface area contributed by atoms with E-state index < -0.39 is 0 Å². The molecule has 7 heteroatoms. The predicted octanol–water partition coefficient (Wildman–Crippen LogP) is 3.57. The van der Waals surface area contributed by atoms with Crippen LogP contribution in [0.3, 0.4) is 0 Å². The van der Waals surface area contributed by atoms with Gasteiger partial charge in [-0.2, -0.15) is 10.1 Å². The second kappa shape index (κ2) is 6.68. The maximum atomic E-state index is 12.6. The Morgan fingerprint density at radius 3 is 2.48 bits per heavy atom. The van der Waals surface area contributed by atoms with Gasteiger partial charge in [-0.25, -0.2) is 4.68 Å². The maximum Gasteiger partial charge on any atom is 0.306 e. The molecule has 0 saturated heterocycles. The minimum Gasteiger partial charge on any atom is -0.425 e. The molecule has 0 spiro atoms. The van der Waals surface area contributed by atoms with Crippen molar-refractivity contribution >= 4 is 11.0 Å². The zero-order valence-electron chi connectivity index (χ0n) is 15.3. The SMILES string of the molecule is CC(C)n1ncc2c(=O)n(C)c(Oc3ccc(-c4cccnc4)cc3)nc21. The van der Waals surface area contributed by atoms with Crippen molar-refractivity contribution in [2.45, 2.75) is 19.9 Å². The zero-order chi connectivity index (χ0) is 19.0. The van der Waals surface area contributed by atoms with E-state index in [-0.39, 0.29) is 17.6 Å². The molecule has 1 aromatic carbocycles. The topological polar surface area (TPSA) is 74.8 Å². The fourth-order valence-electron chi connectivity index (χ4n) is 2.87. The number of benzene rings is 1. The molecule has 0 fully saturated rings. The number of pyridine rings is 1. The van der Waals surface area contributed by atoms with Gasteiger partial charge in [0.15, 0.2) is 5.65 Å². The summed E-state index contributed by atoms with van der Waals surface area (Å²) in [5, 5.41) is 4.75. The molecule has 7 nitrogen and oxygen atoms in total. The summed E-state index contributed by atoms with van der Waals surface area (Å²) in [5.41, 5.74) is 2.39. The Balaban J connectivity index is 1.70. The highest BCUT2D eigenvalue weighted by molar-refractivity contribution is 5.73. The van der Waals surface area contributed by atoms with Crippen molar-refractivity contribution in [3.05, 3.63) is 65.3 Å². The lowest BCUT2D eigenvalue weighted by Crippen LogP contribution is -2.20. The fraction of sp³-hybridized carbons (Fsp3) is 0.200. The van der Waals surface area contributed by atoms with Crippen molar-refractivity contribution < 1.29 is 4.74 Å². The Kier molecular flexibility index (Phi) is 4.19. The molecule has 0 aliphatic heterocycles. The van der Waals surface area contributed by atoms with Gasteiger partial charge in [-0.3, -0.25) is 14.3 Å². The summed E-state index contributed by atoms with van der Waals surface area (Å²) in [5.74, 6) is 0.597. The molecule has 0 saturated carbocycles. The second-order valence-corrected chi connectivity index (χ2v) is 6.55. The number of fused-ring (bicyclic) bond motifs is 1. The molecule has 0 aliphatic carbocycles. The first kappa shape index (κ1) is 17.0. The molecule has 27 heavy (non-hydrogen) atoms. The fourth-order valence-corrected chi connectivity index (χ4v) is 2.87. The van der Waals surface area contributed by atoms with Gasteiger partial charge in [-0.05, 0) is 43.2 Å². The molecule has 0 bridgehead atoms. The van der Waals surface area contributed by atoms with Crippen LogP contribution in [0.2, 0.25) is 0 Å². The lowest BCUT2D eigenvalue weighted by molar-refractivity contribution is 0.413. The Hall–Kier alpha value is -3.48. The number of aromatic nitrogens is 5. The van der Waals surface area contributed by atoms with E-state index in [1.807, 2.05) is 56.4 Å². The maximum absolute atomic E-state index is 12.6. The molecule has 4 rings (SSSR count). The van der Waals surface area contributed by atoms with Crippen molar-refractivity contribution in [3.8, 4) is 22.9 Å². The summed E-state index contributed by atoms with van der Waals surface area (Å²) < 4.78 is 9.00.